The summed E-state index contributed by atoms with van der Waals surface area (Å²) in [6.45, 7) is 5.03. The fraction of sp³-hybridized carbons (Fsp3) is 0.480. The molecule has 3 rings (SSSR count). The van der Waals surface area contributed by atoms with E-state index < -0.39 is 12.1 Å². The third-order valence-electron chi connectivity index (χ3n) is 5.81. The molecule has 1 atom stereocenters. The van der Waals surface area contributed by atoms with Gasteiger partial charge in [-0.1, -0.05) is 30.3 Å². The van der Waals surface area contributed by atoms with Gasteiger partial charge in [-0.2, -0.15) is 0 Å². The molecule has 6 heteroatoms. The number of carboxylic acid groups (broad SMARTS) is 1. The van der Waals surface area contributed by atoms with E-state index in [1.807, 2.05) is 18.2 Å². The molecule has 0 fully saturated rings. The van der Waals surface area contributed by atoms with Crippen molar-refractivity contribution in [2.45, 2.75) is 57.6 Å². The number of β-amino-alcohol motifs (C(OH)–C–C–N with tert-alkyl or cyclic N) is 1. The van der Waals surface area contributed by atoms with Crippen molar-refractivity contribution in [3.05, 3.63) is 63.6 Å². The molecule has 3 N–H and O–H groups in total. The fourth-order valence-electron chi connectivity index (χ4n) is 4.30. The summed E-state index contributed by atoms with van der Waals surface area (Å²) in [5.74, 6) is 0.456. The highest BCUT2D eigenvalue weighted by Crippen LogP contribution is 2.32. The number of aryl methyl sites for hydroxylation is 1. The second kappa shape index (κ2) is 10.6. The molecule has 0 heterocycles. The molecule has 0 unspecified atom stereocenters. The number of aliphatic hydroxyl groups is 1. The zero-order valence-electron chi connectivity index (χ0n) is 18.2. The Morgan fingerprint density at radius 2 is 1.90 bits per heavy atom. The summed E-state index contributed by atoms with van der Waals surface area (Å²) >= 11 is 3.47. The minimum Gasteiger partial charge on any atom is -0.490 e. The van der Waals surface area contributed by atoms with E-state index in [1.165, 1.54) is 11.1 Å². The van der Waals surface area contributed by atoms with E-state index in [4.69, 9.17) is 9.84 Å². The Hall–Kier alpha value is -1.89. The third-order valence-corrected chi connectivity index (χ3v) is 6.43. The first-order valence-electron chi connectivity index (χ1n) is 10.8. The van der Waals surface area contributed by atoms with Crippen molar-refractivity contribution < 1.29 is 19.7 Å². The van der Waals surface area contributed by atoms with Gasteiger partial charge in [-0.25, -0.2) is 0 Å². The number of carbonyl (C=O) groups is 1. The number of hydrogen-bond acceptors (Lipinski definition) is 4. The molecule has 0 bridgehead atoms. The number of carboxylic acids is 1. The number of rotatable bonds is 11. The monoisotopic (exact) mass is 489 g/mol. The summed E-state index contributed by atoms with van der Waals surface area (Å²) in [5.41, 5.74) is 3.80. The van der Waals surface area contributed by atoms with E-state index >= 15 is 0 Å². The lowest BCUT2D eigenvalue weighted by molar-refractivity contribution is -0.136. The summed E-state index contributed by atoms with van der Waals surface area (Å²) in [6, 6.07) is 14.2. The third kappa shape index (κ3) is 7.34. The van der Waals surface area contributed by atoms with Crippen LogP contribution in [0.15, 0.2) is 46.9 Å². The van der Waals surface area contributed by atoms with E-state index in [2.05, 4.69) is 59.4 Å². The normalized spacial score (nSPS) is 15.0. The Balaban J connectivity index is 1.41. The highest BCUT2D eigenvalue weighted by Gasteiger charge is 2.28. The van der Waals surface area contributed by atoms with Gasteiger partial charge >= 0.3 is 5.97 Å². The molecule has 31 heavy (non-hydrogen) atoms. The van der Waals surface area contributed by atoms with Crippen molar-refractivity contribution in [1.82, 2.24) is 5.32 Å². The number of benzene rings is 2. The van der Waals surface area contributed by atoms with Crippen LogP contribution in [0.3, 0.4) is 0 Å². The zero-order valence-corrected chi connectivity index (χ0v) is 19.8. The molecule has 0 spiro atoms. The van der Waals surface area contributed by atoms with E-state index in [-0.39, 0.29) is 18.6 Å². The lowest BCUT2D eigenvalue weighted by Gasteiger charge is -2.30. The number of nitrogens with one attached hydrogen (secondary N) is 1. The van der Waals surface area contributed by atoms with Crippen LogP contribution in [0.2, 0.25) is 0 Å². The molecule has 1 aliphatic rings. The molecule has 0 aliphatic heterocycles. The van der Waals surface area contributed by atoms with E-state index in [9.17, 15) is 9.90 Å². The van der Waals surface area contributed by atoms with Gasteiger partial charge in [0.15, 0.2) is 0 Å². The largest absolute Gasteiger partial charge is 0.490 e. The minimum atomic E-state index is -0.813. The first-order chi connectivity index (χ1) is 14.7. The van der Waals surface area contributed by atoms with Crippen LogP contribution >= 0.6 is 15.9 Å². The van der Waals surface area contributed by atoms with Crippen molar-refractivity contribution in [1.29, 1.82) is 0 Å². The number of aliphatic carboxylic acids is 1. The maximum Gasteiger partial charge on any atom is 0.303 e. The average Bonchev–Trinajstić information content (AvgIpc) is 3.11. The Morgan fingerprint density at radius 1 is 1.23 bits per heavy atom. The molecule has 1 aliphatic carbocycles. The van der Waals surface area contributed by atoms with Gasteiger partial charge in [0.2, 0.25) is 0 Å². The Morgan fingerprint density at radius 3 is 2.52 bits per heavy atom. The predicted octanol–water partition coefficient (Wildman–Crippen LogP) is 4.38. The first-order valence-corrected chi connectivity index (χ1v) is 11.6. The molecule has 0 saturated heterocycles. The van der Waals surface area contributed by atoms with Crippen LogP contribution in [-0.2, 0) is 24.1 Å². The second-order valence-electron chi connectivity index (χ2n) is 9.14. The SMILES string of the molecule is CC(C)(CC1Cc2ccccc2C1)NC[C@@H](O)COc1ccc(CCC(=O)O)cc1Br. The van der Waals surface area contributed by atoms with Crippen molar-refractivity contribution in [2.24, 2.45) is 5.92 Å². The predicted molar refractivity (Wildman–Crippen MR) is 126 cm³/mol. The summed E-state index contributed by atoms with van der Waals surface area (Å²) in [4.78, 5) is 10.7. The molecule has 2 aromatic rings. The van der Waals surface area contributed by atoms with Gasteiger partial charge in [-0.15, -0.1) is 0 Å². The Kier molecular flexibility index (Phi) is 8.14. The van der Waals surface area contributed by atoms with Crippen LogP contribution in [0.25, 0.3) is 0 Å². The molecule has 0 saturated carbocycles. The maximum atomic E-state index is 10.7. The van der Waals surface area contributed by atoms with Crippen molar-refractivity contribution in [3.8, 4) is 5.75 Å². The van der Waals surface area contributed by atoms with Crippen LogP contribution in [-0.4, -0.2) is 41.0 Å². The van der Waals surface area contributed by atoms with Gasteiger partial charge in [-0.05, 0) is 90.2 Å². The quantitative estimate of drug-likeness (QED) is 0.436. The number of hydrogen-bond donors (Lipinski definition) is 3. The average molecular weight is 490 g/mol. The Bertz CT molecular complexity index is 874. The maximum absolute atomic E-state index is 10.7. The number of fused-ring (bicyclic) bond motifs is 1. The van der Waals surface area contributed by atoms with Crippen LogP contribution < -0.4 is 10.1 Å². The summed E-state index contributed by atoms with van der Waals surface area (Å²) in [6.07, 6.45) is 3.26. The molecule has 0 radical (unpaired) electrons. The van der Waals surface area contributed by atoms with Crippen LogP contribution in [0.1, 0.15) is 43.4 Å². The van der Waals surface area contributed by atoms with E-state index in [0.29, 0.717) is 24.6 Å². The van der Waals surface area contributed by atoms with E-state index in [1.54, 1.807) is 0 Å². The summed E-state index contributed by atoms with van der Waals surface area (Å²) in [7, 11) is 0. The Labute approximate surface area is 193 Å². The molecule has 0 amide bonds. The molecule has 168 valence electrons. The number of aliphatic hydroxyl groups excluding tert-OH is 1. The van der Waals surface area contributed by atoms with Crippen LogP contribution in [0.4, 0.5) is 0 Å². The van der Waals surface area contributed by atoms with Gasteiger partial charge in [0.05, 0.1) is 4.47 Å². The topological polar surface area (TPSA) is 78.8 Å². The number of halogens is 1. The number of ether oxygens (including phenoxy) is 1. The van der Waals surface area contributed by atoms with Gasteiger partial charge in [-0.3, -0.25) is 4.79 Å². The van der Waals surface area contributed by atoms with Crippen LogP contribution in [0, 0.1) is 5.92 Å². The smallest absolute Gasteiger partial charge is 0.303 e. The molecule has 5 nitrogen and oxygen atoms in total. The molecular formula is C25H32BrNO4. The van der Waals surface area contributed by atoms with Crippen molar-refractivity contribution in [3.63, 3.8) is 0 Å². The fourth-order valence-corrected chi connectivity index (χ4v) is 4.84. The first kappa shape index (κ1) is 23.8. The highest BCUT2D eigenvalue weighted by atomic mass is 79.9. The lowest BCUT2D eigenvalue weighted by Crippen LogP contribution is -2.46. The summed E-state index contributed by atoms with van der Waals surface area (Å²) in [5, 5.41) is 22.7. The van der Waals surface area contributed by atoms with Gasteiger partial charge < -0.3 is 20.3 Å². The highest BCUT2D eigenvalue weighted by molar-refractivity contribution is 9.10. The van der Waals surface area contributed by atoms with Crippen molar-refractivity contribution in [2.75, 3.05) is 13.2 Å². The second-order valence-corrected chi connectivity index (χ2v) is 9.99. The molecule has 0 aromatic heterocycles. The van der Waals surface area contributed by atoms with Crippen molar-refractivity contribution >= 4 is 21.9 Å². The lowest BCUT2D eigenvalue weighted by atomic mass is 9.88. The summed E-state index contributed by atoms with van der Waals surface area (Å²) < 4.78 is 6.53. The van der Waals surface area contributed by atoms with Gasteiger partial charge in [0.1, 0.15) is 18.5 Å². The standard InChI is InChI=1S/C25H32BrNO4/c1-25(2,14-18-11-19-5-3-4-6-20(19)12-18)27-15-21(28)16-31-23-9-7-17(13-22(23)26)8-10-24(29)30/h3-7,9,13,18,21,27-28H,8,10-12,14-16H2,1-2H3,(H,29,30)/t21-/m1/s1. The van der Waals surface area contributed by atoms with Gasteiger partial charge in [0, 0.05) is 18.5 Å². The van der Waals surface area contributed by atoms with Crippen LogP contribution in [0.5, 0.6) is 5.75 Å². The zero-order chi connectivity index (χ0) is 22.4. The molecular weight excluding hydrogens is 458 g/mol. The molecule has 2 aromatic carbocycles. The van der Waals surface area contributed by atoms with Gasteiger partial charge in [0.25, 0.3) is 0 Å². The van der Waals surface area contributed by atoms with E-state index in [0.717, 1.165) is 29.3 Å². The minimum absolute atomic E-state index is 0.0694.